The lowest BCUT2D eigenvalue weighted by molar-refractivity contribution is -0.132. The fraction of sp³-hybridized carbons (Fsp3) is 0.609. The Morgan fingerprint density at radius 2 is 1.59 bits per heavy atom. The monoisotopic (exact) mass is 399 g/mol. The van der Waals surface area contributed by atoms with Gasteiger partial charge in [0.2, 0.25) is 11.8 Å². The second-order valence-corrected chi connectivity index (χ2v) is 8.34. The van der Waals surface area contributed by atoms with E-state index in [4.69, 9.17) is 0 Å². The Morgan fingerprint density at radius 1 is 0.931 bits per heavy atom. The van der Waals surface area contributed by atoms with Gasteiger partial charge in [-0.1, -0.05) is 37.5 Å². The second kappa shape index (κ2) is 10.4. The summed E-state index contributed by atoms with van der Waals surface area (Å²) in [7, 11) is 0. The van der Waals surface area contributed by atoms with Crippen molar-refractivity contribution in [3.63, 3.8) is 0 Å². The number of hydrogen-bond acceptors (Lipinski definition) is 3. The smallest absolute Gasteiger partial charge is 0.253 e. The predicted octanol–water partition coefficient (Wildman–Crippen LogP) is 2.84. The summed E-state index contributed by atoms with van der Waals surface area (Å²) in [5.41, 5.74) is 0.686. The zero-order valence-electron chi connectivity index (χ0n) is 17.4. The Hall–Kier alpha value is -2.37. The summed E-state index contributed by atoms with van der Waals surface area (Å²) in [6.45, 7) is 4.30. The van der Waals surface area contributed by atoms with Crippen LogP contribution < -0.4 is 5.32 Å². The minimum absolute atomic E-state index is 0.0213. The highest BCUT2D eigenvalue weighted by molar-refractivity contribution is 5.94. The van der Waals surface area contributed by atoms with Crippen LogP contribution >= 0.6 is 0 Å². The SMILES string of the molecule is CC(CC(=O)N1CCCN(C(=O)c2ccccc2)CC1)NC(=O)C1CCCCC1. The molecule has 1 heterocycles. The Bertz CT molecular complexity index is 701. The van der Waals surface area contributed by atoms with Crippen LogP contribution in [0.25, 0.3) is 0 Å². The number of nitrogens with one attached hydrogen (secondary N) is 1. The fourth-order valence-electron chi connectivity index (χ4n) is 4.30. The lowest BCUT2D eigenvalue weighted by atomic mass is 9.88. The minimum Gasteiger partial charge on any atom is -0.353 e. The van der Waals surface area contributed by atoms with Gasteiger partial charge in [0.05, 0.1) is 0 Å². The molecule has 1 aliphatic carbocycles. The van der Waals surface area contributed by atoms with Crippen LogP contribution in [0, 0.1) is 5.92 Å². The molecule has 1 N–H and O–H groups in total. The largest absolute Gasteiger partial charge is 0.353 e. The molecule has 3 rings (SSSR count). The van der Waals surface area contributed by atoms with Crippen LogP contribution in [0.5, 0.6) is 0 Å². The molecule has 1 saturated heterocycles. The van der Waals surface area contributed by atoms with E-state index in [-0.39, 0.29) is 29.7 Å². The molecule has 1 aromatic carbocycles. The first-order chi connectivity index (χ1) is 14.0. The van der Waals surface area contributed by atoms with Gasteiger partial charge in [0.1, 0.15) is 0 Å². The Morgan fingerprint density at radius 3 is 2.31 bits per heavy atom. The maximum absolute atomic E-state index is 12.7. The molecule has 1 saturated carbocycles. The summed E-state index contributed by atoms with van der Waals surface area (Å²) >= 11 is 0. The first kappa shape index (κ1) is 21.3. The van der Waals surface area contributed by atoms with Gasteiger partial charge in [-0.15, -0.1) is 0 Å². The average molecular weight is 400 g/mol. The molecule has 6 heteroatoms. The molecule has 1 aliphatic heterocycles. The highest BCUT2D eigenvalue weighted by atomic mass is 16.2. The average Bonchev–Trinajstić information content (AvgIpc) is 3.01. The minimum atomic E-state index is -0.165. The topological polar surface area (TPSA) is 69.7 Å². The molecule has 2 fully saturated rings. The molecule has 0 bridgehead atoms. The fourth-order valence-corrected chi connectivity index (χ4v) is 4.30. The molecule has 1 unspecified atom stereocenters. The van der Waals surface area contributed by atoms with E-state index in [1.54, 1.807) is 0 Å². The highest BCUT2D eigenvalue weighted by Gasteiger charge is 2.26. The van der Waals surface area contributed by atoms with Crippen LogP contribution in [0.15, 0.2) is 30.3 Å². The summed E-state index contributed by atoms with van der Waals surface area (Å²) in [5, 5.41) is 3.03. The first-order valence-corrected chi connectivity index (χ1v) is 11.0. The molecule has 1 aromatic rings. The molecule has 3 amide bonds. The molecule has 158 valence electrons. The summed E-state index contributed by atoms with van der Waals surface area (Å²) in [4.78, 5) is 41.4. The van der Waals surface area contributed by atoms with Crippen molar-refractivity contribution in [2.24, 2.45) is 5.92 Å². The lowest BCUT2D eigenvalue weighted by Gasteiger charge is -2.25. The number of carbonyl (C=O) groups is 3. The van der Waals surface area contributed by atoms with Crippen LogP contribution in [0.2, 0.25) is 0 Å². The van der Waals surface area contributed by atoms with Crippen LogP contribution in [0.3, 0.4) is 0 Å². The van der Waals surface area contributed by atoms with Crippen molar-refractivity contribution in [2.75, 3.05) is 26.2 Å². The van der Waals surface area contributed by atoms with Crippen LogP contribution in [0.4, 0.5) is 0 Å². The van der Waals surface area contributed by atoms with Gasteiger partial charge in [0, 0.05) is 50.1 Å². The number of hydrogen-bond donors (Lipinski definition) is 1. The molecule has 0 spiro atoms. The number of amides is 3. The zero-order chi connectivity index (χ0) is 20.6. The predicted molar refractivity (Wildman–Crippen MR) is 112 cm³/mol. The van der Waals surface area contributed by atoms with Gasteiger partial charge in [-0.2, -0.15) is 0 Å². The van der Waals surface area contributed by atoms with Crippen molar-refractivity contribution in [1.82, 2.24) is 15.1 Å². The summed E-state index contributed by atoms with van der Waals surface area (Å²) in [5.74, 6) is 0.279. The number of carbonyl (C=O) groups excluding carboxylic acids is 3. The van der Waals surface area contributed by atoms with Gasteiger partial charge in [-0.05, 0) is 38.3 Å². The Kier molecular flexibility index (Phi) is 7.67. The molecule has 6 nitrogen and oxygen atoms in total. The van der Waals surface area contributed by atoms with Gasteiger partial charge in [-0.3, -0.25) is 14.4 Å². The lowest BCUT2D eigenvalue weighted by Crippen LogP contribution is -2.43. The second-order valence-electron chi connectivity index (χ2n) is 8.34. The van der Waals surface area contributed by atoms with E-state index < -0.39 is 0 Å². The third-order valence-corrected chi connectivity index (χ3v) is 6.00. The Labute approximate surface area is 173 Å². The molecule has 2 aliphatic rings. The van der Waals surface area contributed by atoms with Crippen LogP contribution in [-0.4, -0.2) is 59.7 Å². The van der Waals surface area contributed by atoms with Crippen molar-refractivity contribution in [3.8, 4) is 0 Å². The summed E-state index contributed by atoms with van der Waals surface area (Å²) in [6, 6.07) is 9.11. The van der Waals surface area contributed by atoms with Gasteiger partial charge in [0.15, 0.2) is 0 Å². The van der Waals surface area contributed by atoms with Crippen molar-refractivity contribution in [2.45, 2.75) is 57.9 Å². The van der Waals surface area contributed by atoms with E-state index in [9.17, 15) is 14.4 Å². The summed E-state index contributed by atoms with van der Waals surface area (Å²) in [6.07, 6.45) is 6.47. The summed E-state index contributed by atoms with van der Waals surface area (Å²) < 4.78 is 0. The Balaban J connectivity index is 1.46. The van der Waals surface area contributed by atoms with E-state index >= 15 is 0 Å². The van der Waals surface area contributed by atoms with E-state index in [1.807, 2.05) is 47.1 Å². The quantitative estimate of drug-likeness (QED) is 0.828. The number of nitrogens with zero attached hydrogens (tertiary/aromatic N) is 2. The molecular formula is C23H33N3O3. The van der Waals surface area contributed by atoms with Crippen LogP contribution in [0.1, 0.15) is 62.2 Å². The van der Waals surface area contributed by atoms with Gasteiger partial charge in [0.25, 0.3) is 5.91 Å². The van der Waals surface area contributed by atoms with E-state index in [0.717, 1.165) is 32.1 Å². The van der Waals surface area contributed by atoms with Crippen LogP contribution in [-0.2, 0) is 9.59 Å². The van der Waals surface area contributed by atoms with Gasteiger partial charge in [-0.25, -0.2) is 0 Å². The maximum atomic E-state index is 12.7. The van der Waals surface area contributed by atoms with E-state index in [2.05, 4.69) is 5.32 Å². The molecule has 0 aromatic heterocycles. The van der Waals surface area contributed by atoms with Gasteiger partial charge >= 0.3 is 0 Å². The van der Waals surface area contributed by atoms with Gasteiger partial charge < -0.3 is 15.1 Å². The van der Waals surface area contributed by atoms with Crippen molar-refractivity contribution < 1.29 is 14.4 Å². The molecule has 0 radical (unpaired) electrons. The number of benzene rings is 1. The van der Waals surface area contributed by atoms with E-state index in [0.29, 0.717) is 38.2 Å². The first-order valence-electron chi connectivity index (χ1n) is 11.0. The number of rotatable bonds is 5. The van der Waals surface area contributed by atoms with E-state index in [1.165, 1.54) is 6.42 Å². The zero-order valence-corrected chi connectivity index (χ0v) is 17.4. The normalized spacial score (nSPS) is 19.3. The van der Waals surface area contributed by atoms with Crippen molar-refractivity contribution in [3.05, 3.63) is 35.9 Å². The molecule has 29 heavy (non-hydrogen) atoms. The maximum Gasteiger partial charge on any atom is 0.253 e. The van der Waals surface area contributed by atoms with Crippen molar-refractivity contribution in [1.29, 1.82) is 0 Å². The molecule has 1 atom stereocenters. The third kappa shape index (κ3) is 6.05. The highest BCUT2D eigenvalue weighted by Crippen LogP contribution is 2.23. The standard InChI is InChI=1S/C23H33N3O3/c1-18(24-22(28)19-9-4-2-5-10-19)17-21(27)25-13-8-14-26(16-15-25)23(29)20-11-6-3-7-12-20/h3,6-7,11-12,18-19H,2,4-5,8-10,13-17H2,1H3,(H,24,28). The third-order valence-electron chi connectivity index (χ3n) is 6.00. The van der Waals surface area contributed by atoms with Crippen molar-refractivity contribution >= 4 is 17.7 Å². The molecular weight excluding hydrogens is 366 g/mol.